The molecule has 60 heavy (non-hydrogen) atoms. The monoisotopic (exact) mass is 863 g/mol. The maximum atomic E-state index is 15.5. The van der Waals surface area contributed by atoms with E-state index in [0.717, 1.165) is 24.2 Å². The Morgan fingerprint density at radius 3 is 1.58 bits per heavy atom. The van der Waals surface area contributed by atoms with Crippen molar-refractivity contribution in [3.05, 3.63) is 87.9 Å². The molecule has 2 aliphatic rings. The smallest absolute Gasteiger partial charge is 0.232 e. The van der Waals surface area contributed by atoms with E-state index in [4.69, 9.17) is 11.6 Å². The number of aliphatic hydroxyl groups is 2. The number of halogens is 7. The topological polar surface area (TPSA) is 189 Å². The summed E-state index contributed by atoms with van der Waals surface area (Å²) in [7, 11) is 0. The van der Waals surface area contributed by atoms with Crippen LogP contribution in [0.3, 0.4) is 0 Å². The van der Waals surface area contributed by atoms with Crippen molar-refractivity contribution in [1.82, 2.24) is 40.1 Å². The lowest BCUT2D eigenvalue weighted by atomic mass is 9.94. The third-order valence-corrected chi connectivity index (χ3v) is 10.2. The van der Waals surface area contributed by atoms with Gasteiger partial charge in [-0.1, -0.05) is 0 Å². The minimum Gasteiger partial charge on any atom is -0.390 e. The lowest BCUT2D eigenvalue weighted by Crippen LogP contribution is -2.43. The maximum Gasteiger partial charge on any atom is 0.232 e. The number of aromatic amines is 1. The minimum atomic E-state index is -0.853. The summed E-state index contributed by atoms with van der Waals surface area (Å²) in [5, 5.41) is 35.5. The van der Waals surface area contributed by atoms with Gasteiger partial charge in [0.2, 0.25) is 22.9 Å². The molecule has 15 nitrogen and oxygen atoms in total. The number of hydrogen-bond donors (Lipinski definition) is 6. The molecule has 0 aliphatic carbocycles. The summed E-state index contributed by atoms with van der Waals surface area (Å²) in [6, 6.07) is 1.55. The summed E-state index contributed by atoms with van der Waals surface area (Å²) in [4.78, 5) is 27.2. The van der Waals surface area contributed by atoms with Gasteiger partial charge in [0.15, 0.2) is 29.1 Å². The van der Waals surface area contributed by atoms with Gasteiger partial charge in [-0.15, -0.1) is 0 Å². The molecule has 5 aromatic heterocycles. The normalized spacial score (nSPS) is 17.0. The van der Waals surface area contributed by atoms with E-state index in [1.165, 1.54) is 6.92 Å². The van der Waals surface area contributed by atoms with Gasteiger partial charge in [0.25, 0.3) is 0 Å². The molecule has 2 aliphatic heterocycles. The van der Waals surface area contributed by atoms with Gasteiger partial charge in [0, 0.05) is 50.1 Å². The van der Waals surface area contributed by atoms with E-state index in [1.807, 2.05) is 6.92 Å². The Morgan fingerprint density at radius 1 is 0.700 bits per heavy atom. The molecule has 7 rings (SSSR count). The Balaban J connectivity index is 0.000000205. The first kappa shape index (κ1) is 44.0. The number of nitrogens with one attached hydrogen (secondary N) is 4. The van der Waals surface area contributed by atoms with E-state index in [9.17, 15) is 32.2 Å². The second-order valence-electron chi connectivity index (χ2n) is 15.3. The van der Waals surface area contributed by atoms with Crippen LogP contribution in [0.5, 0.6) is 0 Å². The van der Waals surface area contributed by atoms with Gasteiger partial charge in [-0.2, -0.15) is 33.8 Å². The largest absolute Gasteiger partial charge is 0.390 e. The summed E-state index contributed by atoms with van der Waals surface area (Å²) >= 11 is 5.93. The molecule has 6 N–H and O–H groups in total. The SMILES string of the molecule is CC(Nc1nc(Cl)nc(N2CCC(C)(O)CC2)c1F)c1ncc(F)cc1F.Cc1cc(Nc2nc(NC(C)c3ncc(F)cc3F)c(F)c(N3CCC(C)(O)CC3)n2)n[nH]1. The van der Waals surface area contributed by atoms with E-state index < -0.39 is 58.2 Å². The number of hydrogen-bond acceptors (Lipinski definition) is 14. The molecule has 0 bridgehead atoms. The van der Waals surface area contributed by atoms with Gasteiger partial charge >= 0.3 is 0 Å². The highest BCUT2D eigenvalue weighted by molar-refractivity contribution is 6.28. The third-order valence-electron chi connectivity index (χ3n) is 10.1. The molecule has 0 saturated carbocycles. The number of piperidine rings is 2. The minimum absolute atomic E-state index is 0.00716. The third kappa shape index (κ3) is 10.8. The van der Waals surface area contributed by atoms with Crippen molar-refractivity contribution >= 4 is 46.6 Å². The number of pyridine rings is 2. The van der Waals surface area contributed by atoms with Crippen LogP contribution < -0.4 is 25.8 Å². The predicted octanol–water partition coefficient (Wildman–Crippen LogP) is 7.05. The first-order chi connectivity index (χ1) is 28.3. The zero-order chi connectivity index (χ0) is 43.5. The van der Waals surface area contributed by atoms with Gasteiger partial charge in [-0.25, -0.2) is 17.6 Å². The van der Waals surface area contributed by atoms with Crippen LogP contribution in [0.15, 0.2) is 30.6 Å². The van der Waals surface area contributed by atoms with Crippen molar-refractivity contribution in [3.8, 4) is 0 Å². The van der Waals surface area contributed by atoms with Crippen LogP contribution >= 0.6 is 11.6 Å². The first-order valence-corrected chi connectivity index (χ1v) is 19.3. The molecule has 5 aromatic rings. The Hall–Kier alpha value is -5.54. The highest BCUT2D eigenvalue weighted by Gasteiger charge is 2.32. The van der Waals surface area contributed by atoms with Crippen molar-refractivity contribution in [1.29, 1.82) is 0 Å². The molecule has 2 fully saturated rings. The Bertz CT molecular complexity index is 2300. The molecule has 7 heterocycles. The number of nitrogens with zero attached hydrogens (tertiary/aromatic N) is 9. The molecule has 2 unspecified atom stereocenters. The van der Waals surface area contributed by atoms with Gasteiger partial charge in [0.05, 0.1) is 47.1 Å². The van der Waals surface area contributed by atoms with Crippen molar-refractivity contribution in [2.75, 3.05) is 51.9 Å². The van der Waals surface area contributed by atoms with E-state index in [1.54, 1.807) is 36.6 Å². The lowest BCUT2D eigenvalue weighted by molar-refractivity contribution is 0.0344. The van der Waals surface area contributed by atoms with Crippen LogP contribution in [0.1, 0.15) is 82.5 Å². The molecule has 0 radical (unpaired) electrons. The molecular formula is C38H44ClF6N13O2. The molecule has 22 heteroatoms. The number of aromatic nitrogens is 8. The summed E-state index contributed by atoms with van der Waals surface area (Å²) in [6.45, 7) is 9.99. The Kier molecular flexibility index (Phi) is 13.2. The fourth-order valence-electron chi connectivity index (χ4n) is 6.54. The first-order valence-electron chi connectivity index (χ1n) is 19.0. The summed E-state index contributed by atoms with van der Waals surface area (Å²) < 4.78 is 84.8. The van der Waals surface area contributed by atoms with Crippen LogP contribution in [-0.4, -0.2) is 87.7 Å². The summed E-state index contributed by atoms with van der Waals surface area (Å²) in [6.07, 6.45) is 3.58. The highest BCUT2D eigenvalue weighted by atomic mass is 35.5. The van der Waals surface area contributed by atoms with Crippen LogP contribution in [0.4, 0.5) is 61.4 Å². The molecule has 2 atom stereocenters. The quantitative estimate of drug-likeness (QED) is 0.0619. The number of H-pyrrole nitrogens is 1. The van der Waals surface area contributed by atoms with Crippen molar-refractivity contribution < 1.29 is 36.6 Å². The van der Waals surface area contributed by atoms with Gasteiger partial charge in [-0.05, 0) is 71.9 Å². The average molecular weight is 864 g/mol. The molecule has 322 valence electrons. The highest BCUT2D eigenvalue weighted by Crippen LogP contribution is 2.33. The fraction of sp³-hybridized carbons (Fsp3) is 0.447. The van der Waals surface area contributed by atoms with Crippen LogP contribution in [0, 0.1) is 41.8 Å². The molecular weight excluding hydrogens is 820 g/mol. The van der Waals surface area contributed by atoms with Gasteiger partial charge < -0.3 is 36.0 Å². The van der Waals surface area contributed by atoms with E-state index >= 15 is 4.39 Å². The number of anilines is 6. The second kappa shape index (κ2) is 18.0. The van der Waals surface area contributed by atoms with E-state index in [-0.39, 0.29) is 45.9 Å². The standard InChI is InChI=1S/C21H25F3N8O.C17H19ClF3N5O/c1-11-8-15(31-30-11)27-20-28-18(26-12(2)17-14(23)9-13(22)10-25-17)16(24)19(29-20)32-6-4-21(3,33)5-7-32;1-9(13-11(20)7-10(19)8-22-13)23-14-12(21)15(25-16(18)24-14)26-5-3-17(2,27)4-6-26/h8-10,12,33H,4-7H2,1-3H3,(H3,26,27,28,29,30,31);7-9,27H,3-6H2,1-2H3,(H,23,24,25). The van der Waals surface area contributed by atoms with Gasteiger partial charge in [-0.3, -0.25) is 15.1 Å². The molecule has 2 saturated heterocycles. The number of aryl methyl sites for hydroxylation is 1. The lowest BCUT2D eigenvalue weighted by Gasteiger charge is -2.36. The maximum absolute atomic E-state index is 15.5. The van der Waals surface area contributed by atoms with Crippen molar-refractivity contribution in [2.24, 2.45) is 0 Å². The van der Waals surface area contributed by atoms with Gasteiger partial charge in [0.1, 0.15) is 23.3 Å². The second-order valence-corrected chi connectivity index (χ2v) is 15.7. The summed E-state index contributed by atoms with van der Waals surface area (Å²) in [5.74, 6) is -4.60. The predicted molar refractivity (Wildman–Crippen MR) is 212 cm³/mol. The fourth-order valence-corrected chi connectivity index (χ4v) is 6.71. The van der Waals surface area contributed by atoms with E-state index in [0.29, 0.717) is 63.7 Å². The molecule has 0 spiro atoms. The molecule has 0 amide bonds. The zero-order valence-electron chi connectivity index (χ0n) is 33.3. The Labute approximate surface area is 346 Å². The zero-order valence-corrected chi connectivity index (χ0v) is 34.0. The number of rotatable bonds is 10. The van der Waals surface area contributed by atoms with E-state index in [2.05, 4.69) is 56.1 Å². The van der Waals surface area contributed by atoms with Crippen LogP contribution in [0.2, 0.25) is 5.28 Å². The average Bonchev–Trinajstić information content (AvgIpc) is 3.58. The van der Waals surface area contributed by atoms with Crippen LogP contribution in [0.25, 0.3) is 0 Å². The van der Waals surface area contributed by atoms with Crippen LogP contribution in [-0.2, 0) is 0 Å². The van der Waals surface area contributed by atoms with Crippen molar-refractivity contribution in [2.45, 2.75) is 83.6 Å². The van der Waals surface area contributed by atoms with Crippen molar-refractivity contribution in [3.63, 3.8) is 0 Å². The molecule has 0 aromatic carbocycles. The summed E-state index contributed by atoms with van der Waals surface area (Å²) in [5.41, 5.74) is -0.980. The Morgan fingerprint density at radius 2 is 1.15 bits per heavy atom.